The van der Waals surface area contributed by atoms with E-state index in [4.69, 9.17) is 27.3 Å². The minimum atomic E-state index is -4.06. The van der Waals surface area contributed by atoms with Gasteiger partial charge in [-0.15, -0.1) is 0 Å². The van der Waals surface area contributed by atoms with E-state index >= 15 is 0 Å². The van der Waals surface area contributed by atoms with Gasteiger partial charge in [-0.25, -0.2) is 4.79 Å². The smallest absolute Gasteiger partial charge is 0.408 e. The lowest BCUT2D eigenvalue weighted by atomic mass is 9.98. The summed E-state index contributed by atoms with van der Waals surface area (Å²) in [6, 6.07) is -1.02. The van der Waals surface area contributed by atoms with Gasteiger partial charge in [0, 0.05) is 0 Å². The maximum atomic E-state index is 12.6. The normalized spacial score (nSPS) is 31.9. The van der Waals surface area contributed by atoms with Crippen LogP contribution in [-0.2, 0) is 47.5 Å². The van der Waals surface area contributed by atoms with E-state index in [1.165, 1.54) is 6.92 Å². The van der Waals surface area contributed by atoms with E-state index in [9.17, 15) is 21.6 Å². The standard InChI is InChI=1S/C18H33NO11S2/c1-10-13(29-31(7,21)22)15(30-32(8,23)24)14(26-10)12(11-9-25-18(5,6)27-11)19-16(20)28-17(2,3)4/h10-15H,9H2,1-8H3,(H,19,20)/t10-,11-,12-,13-,14+,15+/m1/s1. The molecule has 2 aliphatic heterocycles. The topological polar surface area (TPSA) is 153 Å². The monoisotopic (exact) mass is 503 g/mol. The molecule has 0 aromatic carbocycles. The molecule has 2 fully saturated rings. The van der Waals surface area contributed by atoms with Crippen molar-refractivity contribution in [2.45, 2.75) is 89.5 Å². The van der Waals surface area contributed by atoms with Gasteiger partial charge in [-0.3, -0.25) is 8.37 Å². The van der Waals surface area contributed by atoms with Gasteiger partial charge in [0.2, 0.25) is 0 Å². The van der Waals surface area contributed by atoms with Crippen LogP contribution in [-0.4, -0.2) is 90.0 Å². The third-order valence-corrected chi connectivity index (χ3v) is 5.67. The lowest BCUT2D eigenvalue weighted by molar-refractivity contribution is -0.148. The number of nitrogens with one attached hydrogen (secondary N) is 1. The first-order chi connectivity index (χ1) is 14.3. The van der Waals surface area contributed by atoms with Crippen LogP contribution in [0.2, 0.25) is 0 Å². The Bertz CT molecular complexity index is 894. The van der Waals surface area contributed by atoms with Gasteiger partial charge in [0.25, 0.3) is 20.2 Å². The van der Waals surface area contributed by atoms with Crippen molar-refractivity contribution in [3.8, 4) is 0 Å². The van der Waals surface area contributed by atoms with Crippen molar-refractivity contribution in [2.75, 3.05) is 19.1 Å². The second-order valence-corrected chi connectivity index (χ2v) is 12.6. The van der Waals surface area contributed by atoms with Crippen molar-refractivity contribution < 1.29 is 48.9 Å². The van der Waals surface area contributed by atoms with Crippen LogP contribution < -0.4 is 5.32 Å². The van der Waals surface area contributed by atoms with Crippen LogP contribution in [0.5, 0.6) is 0 Å². The Hall–Kier alpha value is -1.03. The molecule has 12 nitrogen and oxygen atoms in total. The summed E-state index contributed by atoms with van der Waals surface area (Å²) >= 11 is 0. The highest BCUT2D eigenvalue weighted by Crippen LogP contribution is 2.35. The van der Waals surface area contributed by atoms with E-state index in [-0.39, 0.29) is 6.61 Å². The number of carbonyl (C=O) groups excluding carboxylic acids is 1. The van der Waals surface area contributed by atoms with Crippen molar-refractivity contribution >= 4 is 26.3 Å². The summed E-state index contributed by atoms with van der Waals surface area (Å²) in [5.74, 6) is -0.974. The average molecular weight is 504 g/mol. The molecule has 188 valence electrons. The van der Waals surface area contributed by atoms with Crippen LogP contribution in [0.15, 0.2) is 0 Å². The van der Waals surface area contributed by atoms with Gasteiger partial charge in [-0.2, -0.15) is 16.8 Å². The summed E-state index contributed by atoms with van der Waals surface area (Å²) in [4.78, 5) is 12.6. The molecule has 14 heteroatoms. The zero-order chi connectivity index (χ0) is 24.7. The minimum absolute atomic E-state index is 0.0465. The Morgan fingerprint density at radius 1 is 1.06 bits per heavy atom. The van der Waals surface area contributed by atoms with Crippen molar-refractivity contribution in [3.05, 3.63) is 0 Å². The molecule has 0 aliphatic carbocycles. The molecule has 32 heavy (non-hydrogen) atoms. The first-order valence-corrected chi connectivity index (χ1v) is 13.6. The number of hydrogen-bond donors (Lipinski definition) is 1. The maximum absolute atomic E-state index is 12.6. The predicted molar refractivity (Wildman–Crippen MR) is 112 cm³/mol. The van der Waals surface area contributed by atoms with Crippen LogP contribution >= 0.6 is 0 Å². The SMILES string of the molecule is C[C@H]1O[C@@H]([C@H](NC(=O)OC(C)(C)C)[C@H]2COC(C)(C)O2)[C@@H](OS(C)(=O)=O)[C@@H]1OS(C)(=O)=O. The van der Waals surface area contributed by atoms with Crippen LogP contribution in [0.4, 0.5) is 4.79 Å². The summed E-state index contributed by atoms with van der Waals surface area (Å²) in [7, 11) is -8.05. The molecule has 0 saturated carbocycles. The third-order valence-electron chi connectivity index (χ3n) is 4.52. The number of hydrogen-bond acceptors (Lipinski definition) is 11. The molecule has 1 N–H and O–H groups in total. The summed E-state index contributed by atoms with van der Waals surface area (Å²) in [5, 5.41) is 2.64. The minimum Gasteiger partial charge on any atom is -0.444 e. The highest BCUT2D eigenvalue weighted by molar-refractivity contribution is 7.86. The lowest BCUT2D eigenvalue weighted by Crippen LogP contribution is -2.57. The summed E-state index contributed by atoms with van der Waals surface area (Å²) in [5.41, 5.74) is -0.810. The second kappa shape index (κ2) is 9.31. The number of amides is 1. The van der Waals surface area contributed by atoms with Crippen molar-refractivity contribution in [1.29, 1.82) is 0 Å². The Morgan fingerprint density at radius 3 is 2.03 bits per heavy atom. The summed E-state index contributed by atoms with van der Waals surface area (Å²) in [6.07, 6.45) is -4.68. The largest absolute Gasteiger partial charge is 0.444 e. The Labute approximate surface area is 189 Å². The fourth-order valence-electron chi connectivity index (χ4n) is 3.51. The Kier molecular flexibility index (Phi) is 7.92. The molecule has 0 bridgehead atoms. The molecule has 0 radical (unpaired) electrons. The molecule has 0 aromatic heterocycles. The molecule has 2 saturated heterocycles. The quantitative estimate of drug-likeness (QED) is 0.483. The van der Waals surface area contributed by atoms with Crippen LogP contribution in [0.25, 0.3) is 0 Å². The lowest BCUT2D eigenvalue weighted by Gasteiger charge is -2.33. The highest BCUT2D eigenvalue weighted by atomic mass is 32.2. The van der Waals surface area contributed by atoms with Crippen molar-refractivity contribution in [3.63, 3.8) is 0 Å². The fraction of sp³-hybridized carbons (Fsp3) is 0.944. The van der Waals surface area contributed by atoms with E-state index in [2.05, 4.69) is 5.32 Å². The fourth-order valence-corrected chi connectivity index (χ4v) is 4.81. The van der Waals surface area contributed by atoms with Gasteiger partial charge in [-0.05, 0) is 41.5 Å². The molecule has 2 rings (SSSR count). The summed E-state index contributed by atoms with van der Waals surface area (Å²) in [6.45, 7) is 9.95. The zero-order valence-corrected chi connectivity index (χ0v) is 21.1. The molecule has 6 atom stereocenters. The van der Waals surface area contributed by atoms with Crippen LogP contribution in [0.3, 0.4) is 0 Å². The molecule has 2 aliphatic rings. The van der Waals surface area contributed by atoms with E-state index in [1.54, 1.807) is 34.6 Å². The van der Waals surface area contributed by atoms with Gasteiger partial charge in [0.05, 0.1) is 31.3 Å². The highest BCUT2D eigenvalue weighted by Gasteiger charge is 2.54. The zero-order valence-electron chi connectivity index (χ0n) is 19.5. The first-order valence-electron chi connectivity index (χ1n) is 10.00. The van der Waals surface area contributed by atoms with Gasteiger partial charge in [0.15, 0.2) is 5.79 Å². The van der Waals surface area contributed by atoms with Gasteiger partial charge in [0.1, 0.15) is 30.0 Å². The second-order valence-electron chi connectivity index (χ2n) is 9.37. The van der Waals surface area contributed by atoms with E-state index < -0.39 is 74.3 Å². The van der Waals surface area contributed by atoms with E-state index in [0.29, 0.717) is 0 Å². The molecule has 1 amide bonds. The Morgan fingerprint density at radius 2 is 1.59 bits per heavy atom. The van der Waals surface area contributed by atoms with E-state index in [1.807, 2.05) is 0 Å². The number of rotatable bonds is 7. The van der Waals surface area contributed by atoms with Crippen molar-refractivity contribution in [1.82, 2.24) is 5.32 Å². The molecule has 0 spiro atoms. The molecular weight excluding hydrogens is 470 g/mol. The van der Waals surface area contributed by atoms with Gasteiger partial charge >= 0.3 is 6.09 Å². The molecule has 0 unspecified atom stereocenters. The summed E-state index contributed by atoms with van der Waals surface area (Å²) < 4.78 is 80.4. The average Bonchev–Trinajstić information content (AvgIpc) is 3.02. The maximum Gasteiger partial charge on any atom is 0.408 e. The molecule has 0 aromatic rings. The Balaban J connectivity index is 2.42. The molecular formula is C18H33NO11S2. The van der Waals surface area contributed by atoms with Crippen LogP contribution in [0.1, 0.15) is 41.5 Å². The first kappa shape index (κ1) is 27.2. The third kappa shape index (κ3) is 8.08. The van der Waals surface area contributed by atoms with Gasteiger partial charge < -0.3 is 24.3 Å². The number of carbonyl (C=O) groups is 1. The van der Waals surface area contributed by atoms with Crippen molar-refractivity contribution in [2.24, 2.45) is 0 Å². The van der Waals surface area contributed by atoms with Gasteiger partial charge in [-0.1, -0.05) is 0 Å². The number of alkyl carbamates (subject to hydrolysis) is 1. The number of ether oxygens (including phenoxy) is 4. The molecule has 2 heterocycles. The predicted octanol–water partition coefficient (Wildman–Crippen LogP) is 0.508. The van der Waals surface area contributed by atoms with E-state index in [0.717, 1.165) is 12.5 Å². The van der Waals surface area contributed by atoms with Crippen LogP contribution in [0, 0.1) is 0 Å².